The smallest absolute Gasteiger partial charge is 0.305 e. The second-order valence-electron chi connectivity index (χ2n) is 7.55. The monoisotopic (exact) mass is 382 g/mol. The van der Waals surface area contributed by atoms with Crippen LogP contribution in [0.1, 0.15) is 59.3 Å². The predicted molar refractivity (Wildman–Crippen MR) is 103 cm³/mol. The van der Waals surface area contributed by atoms with Crippen LogP contribution in [0, 0.1) is 11.8 Å². The molecule has 1 heterocycles. The highest BCUT2D eigenvalue weighted by Crippen LogP contribution is 2.14. The van der Waals surface area contributed by atoms with Crippen LogP contribution in [-0.4, -0.2) is 48.2 Å². The molecule has 0 radical (unpaired) electrons. The number of nitrogens with one attached hydrogen (secondary N) is 2. The lowest BCUT2D eigenvalue weighted by molar-refractivity contribution is -0.145. The van der Waals surface area contributed by atoms with Crippen LogP contribution in [0.2, 0.25) is 0 Å². The summed E-state index contributed by atoms with van der Waals surface area (Å²) >= 11 is 0. The van der Waals surface area contributed by atoms with Gasteiger partial charge in [0.25, 0.3) is 0 Å². The number of allylic oxidation sites excluding steroid dienone is 2. The van der Waals surface area contributed by atoms with E-state index in [0.717, 1.165) is 19.3 Å². The minimum atomic E-state index is -0.507. The Morgan fingerprint density at radius 3 is 2.70 bits per heavy atom. The van der Waals surface area contributed by atoms with Crippen LogP contribution in [0.4, 0.5) is 0 Å². The minimum Gasteiger partial charge on any atom is -0.463 e. The standard InChI is InChI=1S/C20H34N2O5/c1-14(2)17-13-27-19(25)10-8-6-4-5-7-9-16(20(26)22-17)11-18(24)21-15(3)12-23/h5,7,14-17,23H,4,6,8-13H2,1-3H3,(H,21,24)(H,22,26). The molecule has 0 spiro atoms. The normalized spacial score (nSPS) is 23.9. The molecule has 27 heavy (non-hydrogen) atoms. The van der Waals surface area contributed by atoms with Crippen LogP contribution in [0.15, 0.2) is 12.2 Å². The lowest BCUT2D eigenvalue weighted by Crippen LogP contribution is -2.46. The summed E-state index contributed by atoms with van der Waals surface area (Å²) in [6.45, 7) is 5.59. The maximum absolute atomic E-state index is 12.8. The molecule has 7 nitrogen and oxygen atoms in total. The summed E-state index contributed by atoms with van der Waals surface area (Å²) in [6.07, 6.45) is 7.30. The predicted octanol–water partition coefficient (Wildman–Crippen LogP) is 1.69. The Morgan fingerprint density at radius 2 is 2.04 bits per heavy atom. The highest BCUT2D eigenvalue weighted by atomic mass is 16.5. The zero-order valence-electron chi connectivity index (χ0n) is 16.7. The summed E-state index contributed by atoms with van der Waals surface area (Å²) in [5.74, 6) is -1.15. The number of rotatable bonds is 5. The van der Waals surface area contributed by atoms with Gasteiger partial charge in [0.05, 0.1) is 18.6 Å². The first kappa shape index (κ1) is 23.1. The van der Waals surface area contributed by atoms with Gasteiger partial charge in [-0.1, -0.05) is 26.0 Å². The molecular formula is C20H34N2O5. The zero-order chi connectivity index (χ0) is 20.2. The molecule has 3 N–H and O–H groups in total. The molecule has 0 aliphatic carbocycles. The van der Waals surface area contributed by atoms with E-state index in [2.05, 4.69) is 10.6 Å². The zero-order valence-corrected chi connectivity index (χ0v) is 16.7. The van der Waals surface area contributed by atoms with Crippen LogP contribution >= 0.6 is 0 Å². The largest absolute Gasteiger partial charge is 0.463 e. The Hall–Kier alpha value is -1.89. The molecule has 0 bridgehead atoms. The number of aliphatic hydroxyl groups excluding tert-OH is 1. The fourth-order valence-corrected chi connectivity index (χ4v) is 2.75. The van der Waals surface area contributed by atoms with Crippen LogP contribution in [0.3, 0.4) is 0 Å². The maximum atomic E-state index is 12.8. The van der Waals surface area contributed by atoms with Gasteiger partial charge in [-0.3, -0.25) is 14.4 Å². The first-order valence-corrected chi connectivity index (χ1v) is 9.84. The number of esters is 1. The fourth-order valence-electron chi connectivity index (χ4n) is 2.75. The Labute approximate surface area is 161 Å². The van der Waals surface area contributed by atoms with Gasteiger partial charge in [-0.05, 0) is 38.5 Å². The number of hydrogen-bond acceptors (Lipinski definition) is 5. The van der Waals surface area contributed by atoms with Gasteiger partial charge in [0.15, 0.2) is 0 Å². The van der Waals surface area contributed by atoms with Gasteiger partial charge < -0.3 is 20.5 Å². The highest BCUT2D eigenvalue weighted by Gasteiger charge is 2.26. The average molecular weight is 383 g/mol. The Bertz CT molecular complexity index is 519. The second-order valence-corrected chi connectivity index (χ2v) is 7.55. The number of carbonyl (C=O) groups excluding carboxylic acids is 3. The van der Waals surface area contributed by atoms with E-state index >= 15 is 0 Å². The molecule has 1 aliphatic rings. The van der Waals surface area contributed by atoms with Crippen molar-refractivity contribution in [2.75, 3.05) is 13.2 Å². The molecule has 0 aromatic heterocycles. The van der Waals surface area contributed by atoms with Gasteiger partial charge in [0, 0.05) is 18.9 Å². The molecule has 3 unspecified atom stereocenters. The molecule has 1 aliphatic heterocycles. The van der Waals surface area contributed by atoms with Crippen LogP contribution < -0.4 is 10.6 Å². The summed E-state index contributed by atoms with van der Waals surface area (Å²) in [5, 5.41) is 14.7. The van der Waals surface area contributed by atoms with Crippen molar-refractivity contribution in [1.82, 2.24) is 10.6 Å². The van der Waals surface area contributed by atoms with Crippen molar-refractivity contribution in [2.45, 2.75) is 71.4 Å². The molecule has 2 amide bonds. The van der Waals surface area contributed by atoms with Gasteiger partial charge in [0.1, 0.15) is 6.61 Å². The topological polar surface area (TPSA) is 105 Å². The molecule has 1 rings (SSSR count). The van der Waals surface area contributed by atoms with E-state index in [1.165, 1.54) is 0 Å². The third-order valence-corrected chi connectivity index (χ3v) is 4.63. The summed E-state index contributed by atoms with van der Waals surface area (Å²) < 4.78 is 5.31. The third kappa shape index (κ3) is 9.56. The first-order chi connectivity index (χ1) is 12.8. The molecule has 0 aromatic rings. The molecule has 0 fully saturated rings. The highest BCUT2D eigenvalue weighted by molar-refractivity contribution is 5.86. The molecular weight excluding hydrogens is 348 g/mol. The summed E-state index contributed by atoms with van der Waals surface area (Å²) in [5.41, 5.74) is 0. The number of ether oxygens (including phenoxy) is 1. The quantitative estimate of drug-likeness (QED) is 0.496. The van der Waals surface area contributed by atoms with E-state index in [1.54, 1.807) is 6.92 Å². The maximum Gasteiger partial charge on any atom is 0.305 e. The van der Waals surface area contributed by atoms with Crippen molar-refractivity contribution in [2.24, 2.45) is 11.8 Å². The molecule has 3 atom stereocenters. The average Bonchev–Trinajstić information content (AvgIpc) is 2.61. The van der Waals surface area contributed by atoms with Gasteiger partial charge in [-0.25, -0.2) is 0 Å². The van der Waals surface area contributed by atoms with Crippen LogP contribution in [-0.2, 0) is 19.1 Å². The number of amides is 2. The van der Waals surface area contributed by atoms with Crippen molar-refractivity contribution in [3.8, 4) is 0 Å². The number of hydrogen-bond donors (Lipinski definition) is 3. The van der Waals surface area contributed by atoms with Crippen LogP contribution in [0.25, 0.3) is 0 Å². The number of cyclic esters (lactones) is 1. The lowest BCUT2D eigenvalue weighted by atomic mass is 9.97. The summed E-state index contributed by atoms with van der Waals surface area (Å²) in [7, 11) is 0. The SMILES string of the molecule is CC(CO)NC(=O)CC1CC=CCCCCC(=O)OCC(C(C)C)NC1=O. The number of carbonyl (C=O) groups is 3. The van der Waals surface area contributed by atoms with Crippen molar-refractivity contribution in [3.05, 3.63) is 12.2 Å². The third-order valence-electron chi connectivity index (χ3n) is 4.63. The molecule has 0 aromatic carbocycles. The van der Waals surface area contributed by atoms with E-state index in [-0.39, 0.29) is 55.4 Å². The van der Waals surface area contributed by atoms with E-state index in [1.807, 2.05) is 26.0 Å². The van der Waals surface area contributed by atoms with Crippen molar-refractivity contribution < 1.29 is 24.2 Å². The van der Waals surface area contributed by atoms with Crippen molar-refractivity contribution in [3.63, 3.8) is 0 Å². The summed E-state index contributed by atoms with van der Waals surface area (Å²) in [4.78, 5) is 36.7. The van der Waals surface area contributed by atoms with Gasteiger partial charge in [-0.2, -0.15) is 0 Å². The van der Waals surface area contributed by atoms with Crippen LogP contribution in [0.5, 0.6) is 0 Å². The fraction of sp³-hybridized carbons (Fsp3) is 0.750. The summed E-state index contributed by atoms with van der Waals surface area (Å²) in [6, 6.07) is -0.646. The lowest BCUT2D eigenvalue weighted by Gasteiger charge is -2.25. The Morgan fingerprint density at radius 1 is 1.30 bits per heavy atom. The van der Waals surface area contributed by atoms with Gasteiger partial charge in [-0.15, -0.1) is 0 Å². The van der Waals surface area contributed by atoms with Crippen molar-refractivity contribution in [1.29, 1.82) is 0 Å². The van der Waals surface area contributed by atoms with E-state index in [9.17, 15) is 14.4 Å². The Balaban J connectivity index is 2.84. The Kier molecular flexibility index (Phi) is 10.7. The van der Waals surface area contributed by atoms with Gasteiger partial charge >= 0.3 is 5.97 Å². The first-order valence-electron chi connectivity index (χ1n) is 9.84. The molecule has 0 saturated heterocycles. The molecule has 0 saturated carbocycles. The van der Waals surface area contributed by atoms with E-state index in [4.69, 9.17) is 9.84 Å². The molecule has 154 valence electrons. The number of aliphatic hydroxyl groups is 1. The minimum absolute atomic E-state index is 0.0467. The van der Waals surface area contributed by atoms with Gasteiger partial charge in [0.2, 0.25) is 11.8 Å². The van der Waals surface area contributed by atoms with Crippen molar-refractivity contribution >= 4 is 17.8 Å². The molecule has 7 heteroatoms. The second kappa shape index (κ2) is 12.5. The van der Waals surface area contributed by atoms with E-state index in [0.29, 0.717) is 12.8 Å². The van der Waals surface area contributed by atoms with E-state index < -0.39 is 5.92 Å².